The Labute approximate surface area is 127 Å². The van der Waals surface area contributed by atoms with Gasteiger partial charge in [-0.15, -0.1) is 0 Å². The quantitative estimate of drug-likeness (QED) is 0.901. The van der Waals surface area contributed by atoms with Gasteiger partial charge in [-0.2, -0.15) is 4.31 Å². The molecule has 1 aromatic heterocycles. The lowest BCUT2D eigenvalue weighted by atomic mass is 9.95. The van der Waals surface area contributed by atoms with Gasteiger partial charge in [-0.25, -0.2) is 13.4 Å². The number of aromatic nitrogens is 1. The van der Waals surface area contributed by atoms with Crippen LogP contribution in [-0.4, -0.2) is 36.2 Å². The van der Waals surface area contributed by atoms with Gasteiger partial charge in [0.15, 0.2) is 8.68 Å². The van der Waals surface area contributed by atoms with E-state index in [1.165, 1.54) is 4.31 Å². The largest absolute Gasteiger partial charge is 0.369 e. The second kappa shape index (κ2) is 5.59. The van der Waals surface area contributed by atoms with Gasteiger partial charge in [0.2, 0.25) is 5.91 Å². The first-order chi connectivity index (χ1) is 9.23. The van der Waals surface area contributed by atoms with Crippen LogP contribution in [0.25, 0.3) is 0 Å². The number of halogens is 1. The second-order valence-corrected chi connectivity index (χ2v) is 8.61. The van der Waals surface area contributed by atoms with Crippen LogP contribution in [0, 0.1) is 12.8 Å². The summed E-state index contributed by atoms with van der Waals surface area (Å²) in [6, 6.07) is -0.170. The highest BCUT2D eigenvalue weighted by Gasteiger charge is 2.38. The fourth-order valence-electron chi connectivity index (χ4n) is 2.34. The zero-order chi connectivity index (χ0) is 15.1. The van der Waals surface area contributed by atoms with E-state index in [0.717, 1.165) is 11.3 Å². The molecule has 1 aromatic rings. The molecule has 1 fully saturated rings. The lowest BCUT2D eigenvalue weighted by molar-refractivity contribution is -0.123. The smallest absolute Gasteiger partial charge is 0.254 e. The highest BCUT2D eigenvalue weighted by molar-refractivity contribution is 7.91. The average molecular weight is 338 g/mol. The van der Waals surface area contributed by atoms with Crippen LogP contribution in [0.1, 0.15) is 25.5 Å². The SMILES string of the molecule is Cc1nc(Cl)sc1S(=O)(=O)N1CC(C(N)=O)CCC1C. The molecule has 0 bridgehead atoms. The Morgan fingerprint density at radius 3 is 2.65 bits per heavy atom. The Hall–Kier alpha value is -0.700. The van der Waals surface area contributed by atoms with E-state index in [4.69, 9.17) is 17.3 Å². The molecule has 6 nitrogen and oxygen atoms in total. The van der Waals surface area contributed by atoms with E-state index in [1.54, 1.807) is 6.92 Å². The van der Waals surface area contributed by atoms with Crippen LogP contribution in [0.4, 0.5) is 0 Å². The number of rotatable bonds is 3. The van der Waals surface area contributed by atoms with Crippen molar-refractivity contribution in [1.82, 2.24) is 9.29 Å². The molecule has 1 aliphatic heterocycles. The first-order valence-corrected chi connectivity index (χ1v) is 8.81. The maximum Gasteiger partial charge on any atom is 0.254 e. The highest BCUT2D eigenvalue weighted by atomic mass is 35.5. The number of sulfonamides is 1. The van der Waals surface area contributed by atoms with Gasteiger partial charge in [0, 0.05) is 12.6 Å². The summed E-state index contributed by atoms with van der Waals surface area (Å²) in [5.74, 6) is -0.902. The Morgan fingerprint density at radius 1 is 1.50 bits per heavy atom. The lowest BCUT2D eigenvalue weighted by Gasteiger charge is -2.35. The van der Waals surface area contributed by atoms with Gasteiger partial charge in [0.05, 0.1) is 11.6 Å². The van der Waals surface area contributed by atoms with Crippen molar-refractivity contribution < 1.29 is 13.2 Å². The van der Waals surface area contributed by atoms with Gasteiger partial charge in [-0.3, -0.25) is 4.79 Å². The van der Waals surface area contributed by atoms with Crippen LogP contribution in [-0.2, 0) is 14.8 Å². The summed E-state index contributed by atoms with van der Waals surface area (Å²) >= 11 is 6.71. The summed E-state index contributed by atoms with van der Waals surface area (Å²) in [4.78, 5) is 15.2. The van der Waals surface area contributed by atoms with Crippen molar-refractivity contribution in [2.75, 3.05) is 6.54 Å². The third-order valence-corrected chi connectivity index (χ3v) is 7.33. The Morgan fingerprint density at radius 2 is 2.15 bits per heavy atom. The number of hydrogen-bond donors (Lipinski definition) is 1. The molecule has 1 aliphatic rings. The molecule has 2 unspecified atom stereocenters. The number of aryl methyl sites for hydroxylation is 1. The van der Waals surface area contributed by atoms with Crippen molar-refractivity contribution in [1.29, 1.82) is 0 Å². The third kappa shape index (κ3) is 2.83. The summed E-state index contributed by atoms with van der Waals surface area (Å²) in [6.45, 7) is 3.55. The Bertz CT molecular complexity index is 629. The molecule has 0 aromatic carbocycles. The van der Waals surface area contributed by atoms with Crippen molar-refractivity contribution in [2.24, 2.45) is 11.7 Å². The normalized spacial score (nSPS) is 24.8. The molecule has 2 heterocycles. The van der Waals surface area contributed by atoms with Crippen LogP contribution >= 0.6 is 22.9 Å². The van der Waals surface area contributed by atoms with Crippen LogP contribution < -0.4 is 5.73 Å². The first-order valence-electron chi connectivity index (χ1n) is 6.17. The molecule has 0 spiro atoms. The number of nitrogens with zero attached hydrogens (tertiary/aromatic N) is 2. The Kier molecular flexibility index (Phi) is 4.38. The molecule has 1 amide bonds. The van der Waals surface area contributed by atoms with Crippen molar-refractivity contribution in [3.8, 4) is 0 Å². The van der Waals surface area contributed by atoms with Gasteiger partial charge in [0.25, 0.3) is 10.0 Å². The minimum atomic E-state index is -3.69. The predicted molar refractivity (Wildman–Crippen MR) is 77.1 cm³/mol. The molecule has 20 heavy (non-hydrogen) atoms. The number of amides is 1. The molecule has 112 valence electrons. The molecular weight excluding hydrogens is 322 g/mol. The fourth-order valence-corrected chi connectivity index (χ4v) is 5.90. The standard InChI is InChI=1S/C11H16ClN3O3S2/c1-6-3-4-8(9(13)16)5-15(6)20(17,18)10-7(2)14-11(12)19-10/h6,8H,3-5H2,1-2H3,(H2,13,16). The maximum atomic E-state index is 12.7. The van der Waals surface area contributed by atoms with Gasteiger partial charge >= 0.3 is 0 Å². The number of thiazole rings is 1. The third-order valence-electron chi connectivity index (χ3n) is 3.50. The molecule has 1 saturated heterocycles. The minimum Gasteiger partial charge on any atom is -0.369 e. The average Bonchev–Trinajstić information content (AvgIpc) is 2.69. The lowest BCUT2D eigenvalue weighted by Crippen LogP contribution is -2.48. The number of carbonyl (C=O) groups is 1. The topological polar surface area (TPSA) is 93.4 Å². The van der Waals surface area contributed by atoms with Gasteiger partial charge in [-0.05, 0) is 26.7 Å². The first kappa shape index (κ1) is 15.7. The van der Waals surface area contributed by atoms with Crippen molar-refractivity contribution in [2.45, 2.75) is 36.9 Å². The highest BCUT2D eigenvalue weighted by Crippen LogP contribution is 2.33. The molecule has 9 heteroatoms. The number of carbonyl (C=O) groups excluding carboxylic acids is 1. The molecule has 0 radical (unpaired) electrons. The van der Waals surface area contributed by atoms with Crippen molar-refractivity contribution in [3.05, 3.63) is 10.2 Å². The van der Waals surface area contributed by atoms with Gasteiger partial charge in [0.1, 0.15) is 0 Å². The number of hydrogen-bond acceptors (Lipinski definition) is 5. The van der Waals surface area contributed by atoms with Gasteiger partial charge < -0.3 is 5.73 Å². The monoisotopic (exact) mass is 337 g/mol. The van der Waals surface area contributed by atoms with Gasteiger partial charge in [-0.1, -0.05) is 22.9 Å². The summed E-state index contributed by atoms with van der Waals surface area (Å²) in [7, 11) is -3.69. The van der Waals surface area contributed by atoms with Crippen LogP contribution in [0.2, 0.25) is 4.47 Å². The van der Waals surface area contributed by atoms with E-state index in [2.05, 4.69) is 4.98 Å². The van der Waals surface area contributed by atoms with E-state index in [1.807, 2.05) is 6.92 Å². The summed E-state index contributed by atoms with van der Waals surface area (Å²) in [5.41, 5.74) is 5.68. The second-order valence-electron chi connectivity index (χ2n) is 4.94. The predicted octanol–water partition coefficient (Wildman–Crippen LogP) is 1.38. The maximum absolute atomic E-state index is 12.7. The van der Waals surface area contributed by atoms with Crippen molar-refractivity contribution in [3.63, 3.8) is 0 Å². The zero-order valence-electron chi connectivity index (χ0n) is 11.2. The number of piperidine rings is 1. The Balaban J connectivity index is 2.37. The van der Waals surface area contributed by atoms with Crippen molar-refractivity contribution >= 4 is 38.9 Å². The molecule has 2 N–H and O–H groups in total. The van der Waals surface area contributed by atoms with Crippen LogP contribution in [0.5, 0.6) is 0 Å². The fraction of sp³-hybridized carbons (Fsp3) is 0.636. The van der Waals surface area contributed by atoms with Crippen LogP contribution in [0.3, 0.4) is 0 Å². The number of primary amides is 1. The molecule has 2 rings (SSSR count). The molecule has 0 saturated carbocycles. The van der Waals surface area contributed by atoms with E-state index >= 15 is 0 Å². The van der Waals surface area contributed by atoms with E-state index in [9.17, 15) is 13.2 Å². The zero-order valence-corrected chi connectivity index (χ0v) is 13.6. The summed E-state index contributed by atoms with van der Waals surface area (Å²) in [5, 5.41) is 0. The number of nitrogens with two attached hydrogens (primary N) is 1. The summed E-state index contributed by atoms with van der Waals surface area (Å²) < 4.78 is 27.0. The van der Waals surface area contributed by atoms with E-state index < -0.39 is 21.8 Å². The van der Waals surface area contributed by atoms with Crippen LogP contribution in [0.15, 0.2) is 4.21 Å². The molecule has 2 atom stereocenters. The minimum absolute atomic E-state index is 0.119. The van der Waals surface area contributed by atoms with E-state index in [-0.39, 0.29) is 21.3 Å². The molecule has 0 aliphatic carbocycles. The van der Waals surface area contributed by atoms with E-state index in [0.29, 0.717) is 18.5 Å². The molecular formula is C11H16ClN3O3S2. The summed E-state index contributed by atoms with van der Waals surface area (Å²) in [6.07, 6.45) is 1.23.